The summed E-state index contributed by atoms with van der Waals surface area (Å²) in [6.07, 6.45) is -4.92. The third kappa shape index (κ3) is 25.7. The molecule has 0 aliphatic carbocycles. The first-order valence-corrected chi connectivity index (χ1v) is 31.4. The summed E-state index contributed by atoms with van der Waals surface area (Å²) in [5.74, 6) is -12.1. The third-order valence-electron chi connectivity index (χ3n) is 11.6. The highest BCUT2D eigenvalue weighted by Crippen LogP contribution is 2.46. The van der Waals surface area contributed by atoms with E-state index in [-0.39, 0.29) is 49.3 Å². The van der Waals surface area contributed by atoms with Crippen LogP contribution in [-0.4, -0.2) is 234 Å². The van der Waals surface area contributed by atoms with Gasteiger partial charge in [0.1, 0.15) is 39.6 Å². The van der Waals surface area contributed by atoms with Gasteiger partial charge in [0.15, 0.2) is 24.4 Å². The molecule has 0 saturated carbocycles. The fourth-order valence-electron chi connectivity index (χ4n) is 7.90. The number of aliphatic hydroxyl groups is 2. The molecule has 0 radical (unpaired) electrons. The normalized spacial score (nSPS) is 12.1. The van der Waals surface area contributed by atoms with Gasteiger partial charge in [-0.2, -0.15) is 0 Å². The number of rotatable bonds is 34. The number of anilines is 2. The standard InChI is InChI=1S/C54H66Br6N6O25/c1-25(69)84-19-33(88-29(5)73)15-61-51(79)39-43(55)41(53(81)63(9)17-35(90-31(7)75)21-86-27(3)71)47(59)49(45(39)57)65(11-13-67)37(77)23-83-24-38(78)66(12-14-68)50-46(58)40(52(80)62-16-34(89-30(6)74)20-85-26(2)70)44(56)42(48(50)60)54(82)64(10)18-36(91-32(8)76)22-87-28(4)72/h33-36,67-68H,11-24H2,1-10H3,(H,61,79)(H,62,80). The molecule has 2 aromatic rings. The van der Waals surface area contributed by atoms with Crippen LogP contribution in [0.5, 0.6) is 0 Å². The van der Waals surface area contributed by atoms with Gasteiger partial charge in [-0.25, -0.2) is 0 Å². The Balaban J connectivity index is 2.90. The molecular formula is C54H66Br6N6O25. The first-order chi connectivity index (χ1) is 42.5. The average Bonchev–Trinajstić information content (AvgIpc) is 0.769. The van der Waals surface area contributed by atoms with Gasteiger partial charge in [0, 0.05) is 91.5 Å². The van der Waals surface area contributed by atoms with E-state index in [1.165, 1.54) is 14.1 Å². The molecule has 504 valence electrons. The molecule has 2 aromatic carbocycles. The summed E-state index contributed by atoms with van der Waals surface area (Å²) in [4.78, 5) is 186. The van der Waals surface area contributed by atoms with Crippen molar-refractivity contribution in [2.24, 2.45) is 0 Å². The number of carbonyl (C=O) groups is 14. The number of ether oxygens (including phenoxy) is 9. The van der Waals surface area contributed by atoms with Crippen molar-refractivity contribution < 1.29 is 120 Å². The first kappa shape index (κ1) is 80.9. The van der Waals surface area contributed by atoms with Crippen LogP contribution in [0.1, 0.15) is 96.8 Å². The van der Waals surface area contributed by atoms with E-state index in [4.69, 9.17) is 42.6 Å². The molecule has 0 spiro atoms. The summed E-state index contributed by atoms with van der Waals surface area (Å²) >= 11 is 20.2. The Labute approximate surface area is 571 Å². The topological polar surface area (TPSA) is 400 Å². The maximum Gasteiger partial charge on any atom is 0.303 e. The fourth-order valence-corrected chi connectivity index (χ4v) is 14.1. The first-order valence-electron chi connectivity index (χ1n) is 26.6. The van der Waals surface area contributed by atoms with E-state index in [2.05, 4.69) is 106 Å². The second-order valence-corrected chi connectivity index (χ2v) is 23.8. The number of amides is 6. The molecule has 4 N–H and O–H groups in total. The number of benzene rings is 2. The van der Waals surface area contributed by atoms with Gasteiger partial charge in [0.25, 0.3) is 35.4 Å². The van der Waals surface area contributed by atoms with Crippen molar-refractivity contribution in [1.82, 2.24) is 20.4 Å². The Bertz CT molecular complexity index is 2900. The van der Waals surface area contributed by atoms with Crippen molar-refractivity contribution in [3.63, 3.8) is 0 Å². The van der Waals surface area contributed by atoms with Gasteiger partial charge in [0.05, 0.1) is 90.9 Å². The van der Waals surface area contributed by atoms with Gasteiger partial charge in [0.2, 0.25) is 0 Å². The van der Waals surface area contributed by atoms with Crippen molar-refractivity contribution >= 4 is 190 Å². The Kier molecular flexibility index (Phi) is 35.0. The number of nitrogens with one attached hydrogen (secondary N) is 2. The molecule has 2 rings (SSSR count). The van der Waals surface area contributed by atoms with E-state index in [9.17, 15) is 77.3 Å². The lowest BCUT2D eigenvalue weighted by molar-refractivity contribution is -0.156. The quantitative estimate of drug-likeness (QED) is 0.0577. The number of hydrogen-bond acceptors (Lipinski definition) is 25. The highest BCUT2D eigenvalue weighted by molar-refractivity contribution is 9.12. The largest absolute Gasteiger partial charge is 0.462 e. The second-order valence-electron chi connectivity index (χ2n) is 19.0. The van der Waals surface area contributed by atoms with E-state index in [1.54, 1.807) is 0 Å². The van der Waals surface area contributed by atoms with E-state index in [0.29, 0.717) is 0 Å². The lowest BCUT2D eigenvalue weighted by atomic mass is 10.1. The van der Waals surface area contributed by atoms with Crippen LogP contribution in [-0.2, 0) is 90.6 Å². The molecule has 0 aromatic heterocycles. The van der Waals surface area contributed by atoms with E-state index >= 15 is 0 Å². The van der Waals surface area contributed by atoms with E-state index in [0.717, 1.165) is 75.0 Å². The van der Waals surface area contributed by atoms with Gasteiger partial charge in [-0.15, -0.1) is 0 Å². The maximum absolute atomic E-state index is 14.6. The molecule has 4 atom stereocenters. The molecule has 37 heteroatoms. The average molecular weight is 1680 g/mol. The number of aliphatic hydroxyl groups excluding tert-OH is 2. The summed E-state index contributed by atoms with van der Waals surface area (Å²) in [6, 6.07) is 0. The summed E-state index contributed by atoms with van der Waals surface area (Å²) in [6.45, 7) is 0.0550. The summed E-state index contributed by atoms with van der Waals surface area (Å²) < 4.78 is 45.4. The summed E-state index contributed by atoms with van der Waals surface area (Å²) in [5, 5.41) is 26.0. The lowest BCUT2D eigenvalue weighted by Gasteiger charge is -2.30. The van der Waals surface area contributed by atoms with Crippen LogP contribution in [0.3, 0.4) is 0 Å². The van der Waals surface area contributed by atoms with Gasteiger partial charge in [-0.1, -0.05) is 0 Å². The monoisotopic (exact) mass is 1670 g/mol. The zero-order valence-electron chi connectivity index (χ0n) is 50.5. The Hall–Kier alpha value is -6.22. The zero-order chi connectivity index (χ0) is 69.3. The van der Waals surface area contributed by atoms with Crippen LogP contribution in [0.4, 0.5) is 11.4 Å². The van der Waals surface area contributed by atoms with Crippen molar-refractivity contribution in [2.75, 3.05) is 116 Å². The Morgan fingerprint density at radius 3 is 0.923 bits per heavy atom. The smallest absolute Gasteiger partial charge is 0.303 e. The number of esters is 8. The molecule has 0 aliphatic heterocycles. The maximum atomic E-state index is 14.6. The minimum Gasteiger partial charge on any atom is -0.462 e. The molecule has 31 nitrogen and oxygen atoms in total. The van der Waals surface area contributed by atoms with Crippen LogP contribution >= 0.6 is 95.6 Å². The second kappa shape index (κ2) is 39.4. The van der Waals surface area contributed by atoms with Gasteiger partial charge >= 0.3 is 47.8 Å². The predicted molar refractivity (Wildman–Crippen MR) is 336 cm³/mol. The van der Waals surface area contributed by atoms with Gasteiger partial charge < -0.3 is 83.1 Å². The van der Waals surface area contributed by atoms with Crippen molar-refractivity contribution in [3.05, 3.63) is 49.1 Å². The molecule has 0 aliphatic rings. The lowest BCUT2D eigenvalue weighted by Crippen LogP contribution is -2.42. The van der Waals surface area contributed by atoms with E-state index < -0.39 is 211 Å². The SMILES string of the molecule is CC(=O)OCC(CNC(=O)c1c(Br)c(C(=O)N(C)CC(COC(C)=O)OC(C)=O)c(Br)c(N(CCO)C(=O)COCC(=O)N(CCO)c2c(Br)c(C(=O)NCC(COC(C)=O)OC(C)=O)c(Br)c(C(=O)N(C)CC(COC(C)=O)OC(C)=O)c2Br)c1Br)OC(C)=O. The Morgan fingerprint density at radius 2 is 0.659 bits per heavy atom. The number of carbonyl (C=O) groups excluding carboxylic acids is 14. The molecule has 6 amide bonds. The molecular weight excluding hydrogens is 1610 g/mol. The Morgan fingerprint density at radius 1 is 0.396 bits per heavy atom. The number of halogens is 6. The third-order valence-corrected chi connectivity index (χ3v) is 16.2. The fraction of sp³-hybridized carbons (Fsp3) is 0.519. The summed E-state index contributed by atoms with van der Waals surface area (Å²) in [5.41, 5.74) is -2.15. The van der Waals surface area contributed by atoms with Crippen molar-refractivity contribution in [3.8, 4) is 0 Å². The highest BCUT2D eigenvalue weighted by Gasteiger charge is 2.37. The van der Waals surface area contributed by atoms with Crippen LogP contribution in [0.2, 0.25) is 0 Å². The van der Waals surface area contributed by atoms with Crippen molar-refractivity contribution in [2.45, 2.75) is 79.8 Å². The molecule has 0 saturated heterocycles. The number of likely N-dealkylation sites (N-methyl/N-ethyl adjacent to an activating group) is 2. The van der Waals surface area contributed by atoms with E-state index in [1.807, 2.05) is 0 Å². The minimum atomic E-state index is -1.24. The summed E-state index contributed by atoms with van der Waals surface area (Å²) in [7, 11) is 2.53. The molecule has 0 fully saturated rings. The highest BCUT2D eigenvalue weighted by atomic mass is 79.9. The predicted octanol–water partition coefficient (Wildman–Crippen LogP) is 3.21. The molecule has 91 heavy (non-hydrogen) atoms. The molecule has 0 bridgehead atoms. The van der Waals surface area contributed by atoms with Gasteiger partial charge in [-0.3, -0.25) is 67.1 Å². The minimum absolute atomic E-state index is 0.221. The van der Waals surface area contributed by atoms with Crippen LogP contribution in [0.15, 0.2) is 26.8 Å². The van der Waals surface area contributed by atoms with Gasteiger partial charge in [-0.05, 0) is 95.6 Å². The molecule has 4 unspecified atom stereocenters. The van der Waals surface area contributed by atoms with Crippen LogP contribution < -0.4 is 20.4 Å². The van der Waals surface area contributed by atoms with Crippen molar-refractivity contribution in [1.29, 1.82) is 0 Å². The number of hydrogen-bond donors (Lipinski definition) is 4. The molecule has 0 heterocycles. The van der Waals surface area contributed by atoms with Crippen LogP contribution in [0.25, 0.3) is 0 Å². The van der Waals surface area contributed by atoms with Crippen LogP contribution in [0, 0.1) is 0 Å². The number of nitrogens with zero attached hydrogens (tertiary/aromatic N) is 4. The zero-order valence-corrected chi connectivity index (χ0v) is 60.1.